The van der Waals surface area contributed by atoms with E-state index in [9.17, 15) is 4.79 Å². The molecule has 7 heteroatoms. The van der Waals surface area contributed by atoms with Gasteiger partial charge in [0.2, 0.25) is 0 Å². The van der Waals surface area contributed by atoms with Crippen LogP contribution in [0.15, 0.2) is 18.2 Å². The van der Waals surface area contributed by atoms with Gasteiger partial charge >= 0.3 is 5.97 Å². The highest BCUT2D eigenvalue weighted by atomic mass is 35.5. The zero-order valence-corrected chi connectivity index (χ0v) is 15.2. The van der Waals surface area contributed by atoms with Gasteiger partial charge in [-0.2, -0.15) is 0 Å². The van der Waals surface area contributed by atoms with E-state index in [4.69, 9.17) is 21.1 Å². The van der Waals surface area contributed by atoms with Crippen LogP contribution in [0.1, 0.15) is 46.2 Å². The molecule has 0 atom stereocenters. The molecule has 1 aliphatic carbocycles. The van der Waals surface area contributed by atoms with Gasteiger partial charge in [-0.15, -0.1) is 0 Å². The SMILES string of the molecule is COC(=O)c1nc(C2CC2)nc(NCc2ccc(OC)cc2C)c1Cl. The standard InChI is InChI=1S/C18H20ClN3O3/c1-10-8-13(24-2)7-6-12(10)9-20-17-14(19)15(18(23)25-3)21-16(22-17)11-4-5-11/h6-8,11H,4-5,9H2,1-3H3,(H,20,21,22). The van der Waals surface area contributed by atoms with Crippen LogP contribution in [0.3, 0.4) is 0 Å². The van der Waals surface area contributed by atoms with E-state index in [0.29, 0.717) is 24.1 Å². The second-order valence-corrected chi connectivity index (χ2v) is 6.38. The van der Waals surface area contributed by atoms with Gasteiger partial charge in [-0.3, -0.25) is 0 Å². The molecule has 1 aliphatic rings. The molecule has 1 N–H and O–H groups in total. The van der Waals surface area contributed by atoms with E-state index < -0.39 is 5.97 Å². The number of ether oxygens (including phenoxy) is 2. The summed E-state index contributed by atoms with van der Waals surface area (Å²) in [5.74, 6) is 1.64. The average molecular weight is 362 g/mol. The number of esters is 1. The number of aromatic nitrogens is 2. The third-order valence-electron chi connectivity index (χ3n) is 4.19. The summed E-state index contributed by atoms with van der Waals surface area (Å²) in [6, 6.07) is 5.86. The number of aryl methyl sites for hydroxylation is 1. The molecule has 3 rings (SSSR count). The molecule has 132 valence electrons. The Labute approximate surface area is 151 Å². The number of benzene rings is 1. The summed E-state index contributed by atoms with van der Waals surface area (Å²) in [6.07, 6.45) is 2.05. The summed E-state index contributed by atoms with van der Waals surface area (Å²) in [6.45, 7) is 2.54. The van der Waals surface area contributed by atoms with E-state index >= 15 is 0 Å². The molecular formula is C18H20ClN3O3. The third kappa shape index (κ3) is 3.85. The Kier molecular flexibility index (Phi) is 5.08. The monoisotopic (exact) mass is 361 g/mol. The molecule has 0 amide bonds. The number of halogens is 1. The first-order valence-electron chi connectivity index (χ1n) is 8.06. The van der Waals surface area contributed by atoms with Crippen molar-refractivity contribution in [3.8, 4) is 5.75 Å². The van der Waals surface area contributed by atoms with Crippen molar-refractivity contribution in [2.45, 2.75) is 32.2 Å². The lowest BCUT2D eigenvalue weighted by atomic mass is 10.1. The van der Waals surface area contributed by atoms with Crippen molar-refractivity contribution >= 4 is 23.4 Å². The largest absolute Gasteiger partial charge is 0.497 e. The van der Waals surface area contributed by atoms with Gasteiger partial charge < -0.3 is 14.8 Å². The normalized spacial score (nSPS) is 13.4. The van der Waals surface area contributed by atoms with Crippen LogP contribution in [0.4, 0.5) is 5.82 Å². The van der Waals surface area contributed by atoms with Gasteiger partial charge in [0.1, 0.15) is 22.4 Å². The third-order valence-corrected chi connectivity index (χ3v) is 4.54. The Morgan fingerprint density at radius 3 is 2.68 bits per heavy atom. The van der Waals surface area contributed by atoms with Gasteiger partial charge in [-0.1, -0.05) is 17.7 Å². The number of anilines is 1. The van der Waals surface area contributed by atoms with Crippen molar-refractivity contribution in [2.75, 3.05) is 19.5 Å². The van der Waals surface area contributed by atoms with Crippen molar-refractivity contribution in [1.29, 1.82) is 0 Å². The lowest BCUT2D eigenvalue weighted by Gasteiger charge is -2.13. The highest BCUT2D eigenvalue weighted by Gasteiger charge is 2.30. The second-order valence-electron chi connectivity index (χ2n) is 6.00. The first-order chi connectivity index (χ1) is 12.0. The minimum Gasteiger partial charge on any atom is -0.497 e. The molecule has 1 aromatic heterocycles. The first kappa shape index (κ1) is 17.5. The summed E-state index contributed by atoms with van der Waals surface area (Å²) >= 11 is 6.32. The van der Waals surface area contributed by atoms with Crippen molar-refractivity contribution in [3.63, 3.8) is 0 Å². The van der Waals surface area contributed by atoms with E-state index in [2.05, 4.69) is 15.3 Å². The van der Waals surface area contributed by atoms with Crippen LogP contribution in [0.5, 0.6) is 5.75 Å². The molecule has 1 aromatic carbocycles. The summed E-state index contributed by atoms with van der Waals surface area (Å²) in [4.78, 5) is 20.7. The average Bonchev–Trinajstić information content (AvgIpc) is 3.46. The number of rotatable bonds is 6. The molecule has 1 heterocycles. The molecule has 0 unspecified atom stereocenters. The minimum absolute atomic E-state index is 0.106. The van der Waals surface area contributed by atoms with Gasteiger partial charge in [0, 0.05) is 12.5 Å². The number of hydrogen-bond donors (Lipinski definition) is 1. The molecule has 1 saturated carbocycles. The molecule has 6 nitrogen and oxygen atoms in total. The maximum Gasteiger partial charge on any atom is 0.358 e. The number of carbonyl (C=O) groups is 1. The highest BCUT2D eigenvalue weighted by molar-refractivity contribution is 6.35. The van der Waals surface area contributed by atoms with Crippen LogP contribution in [0.25, 0.3) is 0 Å². The van der Waals surface area contributed by atoms with Crippen molar-refractivity contribution in [2.24, 2.45) is 0 Å². The number of hydrogen-bond acceptors (Lipinski definition) is 6. The fourth-order valence-corrected chi connectivity index (χ4v) is 2.74. The first-order valence-corrected chi connectivity index (χ1v) is 8.44. The molecule has 0 aliphatic heterocycles. The summed E-state index contributed by atoms with van der Waals surface area (Å²) in [7, 11) is 2.95. The molecule has 0 spiro atoms. The number of carbonyl (C=O) groups excluding carboxylic acids is 1. The Morgan fingerprint density at radius 1 is 1.32 bits per heavy atom. The van der Waals surface area contributed by atoms with Gasteiger partial charge in [-0.05, 0) is 43.0 Å². The minimum atomic E-state index is -0.557. The van der Waals surface area contributed by atoms with E-state index in [1.807, 2.05) is 25.1 Å². The molecular weight excluding hydrogens is 342 g/mol. The zero-order valence-electron chi connectivity index (χ0n) is 14.4. The Morgan fingerprint density at radius 2 is 2.08 bits per heavy atom. The topological polar surface area (TPSA) is 73.3 Å². The molecule has 1 fully saturated rings. The lowest BCUT2D eigenvalue weighted by Crippen LogP contribution is -2.13. The Balaban J connectivity index is 1.86. The fourth-order valence-electron chi connectivity index (χ4n) is 2.51. The quantitative estimate of drug-likeness (QED) is 0.790. The number of nitrogens with zero attached hydrogens (tertiary/aromatic N) is 2. The van der Waals surface area contributed by atoms with Crippen LogP contribution in [0.2, 0.25) is 5.02 Å². The summed E-state index contributed by atoms with van der Waals surface area (Å²) in [5.41, 5.74) is 2.28. The summed E-state index contributed by atoms with van der Waals surface area (Å²) in [5, 5.41) is 3.40. The van der Waals surface area contributed by atoms with Crippen LogP contribution < -0.4 is 10.1 Å². The smallest absolute Gasteiger partial charge is 0.358 e. The van der Waals surface area contributed by atoms with Gasteiger partial charge in [0.25, 0.3) is 0 Å². The van der Waals surface area contributed by atoms with Crippen LogP contribution in [-0.2, 0) is 11.3 Å². The van der Waals surface area contributed by atoms with Gasteiger partial charge in [0.15, 0.2) is 5.69 Å². The second kappa shape index (κ2) is 7.27. The zero-order chi connectivity index (χ0) is 18.0. The number of nitrogens with one attached hydrogen (secondary N) is 1. The maximum absolute atomic E-state index is 11.9. The predicted octanol–water partition coefficient (Wildman–Crippen LogP) is 3.72. The van der Waals surface area contributed by atoms with Crippen molar-refractivity contribution in [1.82, 2.24) is 9.97 Å². The van der Waals surface area contributed by atoms with Crippen molar-refractivity contribution < 1.29 is 14.3 Å². The molecule has 0 saturated heterocycles. The van der Waals surface area contributed by atoms with E-state index in [0.717, 1.165) is 29.7 Å². The highest BCUT2D eigenvalue weighted by Crippen LogP contribution is 2.39. The number of methoxy groups -OCH3 is 2. The van der Waals surface area contributed by atoms with Gasteiger partial charge in [-0.25, -0.2) is 14.8 Å². The van der Waals surface area contributed by atoms with Crippen LogP contribution >= 0.6 is 11.6 Å². The van der Waals surface area contributed by atoms with Crippen LogP contribution in [0, 0.1) is 6.92 Å². The van der Waals surface area contributed by atoms with Gasteiger partial charge in [0.05, 0.1) is 14.2 Å². The molecule has 0 bridgehead atoms. The molecule has 2 aromatic rings. The lowest BCUT2D eigenvalue weighted by molar-refractivity contribution is 0.0593. The van der Waals surface area contributed by atoms with Crippen LogP contribution in [-0.4, -0.2) is 30.2 Å². The van der Waals surface area contributed by atoms with Crippen molar-refractivity contribution in [3.05, 3.63) is 45.9 Å². The fraction of sp³-hybridized carbons (Fsp3) is 0.389. The van der Waals surface area contributed by atoms with E-state index in [1.54, 1.807) is 7.11 Å². The Hall–Kier alpha value is -2.34. The molecule has 0 radical (unpaired) electrons. The van der Waals surface area contributed by atoms with E-state index in [1.165, 1.54) is 7.11 Å². The Bertz CT molecular complexity index is 806. The molecule has 25 heavy (non-hydrogen) atoms. The van der Waals surface area contributed by atoms with E-state index in [-0.39, 0.29) is 10.7 Å². The maximum atomic E-state index is 11.9. The summed E-state index contributed by atoms with van der Waals surface area (Å²) < 4.78 is 10.0. The predicted molar refractivity (Wildman–Crippen MR) is 95.4 cm³/mol.